The number of aryl methyl sites for hydroxylation is 1. The number of para-hydroxylation sites is 2. The molecule has 0 unspecified atom stereocenters. The molecule has 2 aromatic carbocycles. The lowest BCUT2D eigenvalue weighted by atomic mass is 10.1. The summed E-state index contributed by atoms with van der Waals surface area (Å²) in [6.07, 6.45) is 0.488. The third-order valence-electron chi connectivity index (χ3n) is 5.52. The van der Waals surface area contributed by atoms with Crippen molar-refractivity contribution in [2.24, 2.45) is 4.99 Å². The largest absolute Gasteiger partial charge is 0.454 e. The Bertz CT molecular complexity index is 1100. The number of amidine groups is 1. The molecule has 3 aromatic rings. The van der Waals surface area contributed by atoms with Gasteiger partial charge >= 0.3 is 0 Å². The third-order valence-corrected chi connectivity index (χ3v) is 6.40. The lowest BCUT2D eigenvalue weighted by Gasteiger charge is -2.36. The second kappa shape index (κ2) is 7.95. The molecular weight excluding hydrogens is 394 g/mol. The summed E-state index contributed by atoms with van der Waals surface area (Å²) < 4.78 is 6.19. The maximum absolute atomic E-state index is 12.7. The number of piperazine rings is 1. The summed E-state index contributed by atoms with van der Waals surface area (Å²) in [5.41, 5.74) is 3.00. The zero-order valence-electron chi connectivity index (χ0n) is 16.9. The predicted molar refractivity (Wildman–Crippen MR) is 120 cm³/mol. The highest BCUT2D eigenvalue weighted by Crippen LogP contribution is 2.38. The summed E-state index contributed by atoms with van der Waals surface area (Å²) in [6, 6.07) is 18.1. The second-order valence-electron chi connectivity index (χ2n) is 7.63. The van der Waals surface area contributed by atoms with Crippen molar-refractivity contribution in [2.75, 3.05) is 26.2 Å². The number of benzene rings is 2. The van der Waals surface area contributed by atoms with Crippen LogP contribution in [0, 0.1) is 6.92 Å². The van der Waals surface area contributed by atoms with E-state index in [1.165, 1.54) is 5.56 Å². The van der Waals surface area contributed by atoms with Crippen LogP contribution in [0.1, 0.15) is 16.0 Å². The van der Waals surface area contributed by atoms with Crippen LogP contribution in [-0.4, -0.2) is 47.7 Å². The van der Waals surface area contributed by atoms with Crippen molar-refractivity contribution in [1.29, 1.82) is 0 Å². The van der Waals surface area contributed by atoms with E-state index in [1.807, 2.05) is 52.7 Å². The van der Waals surface area contributed by atoms with E-state index in [-0.39, 0.29) is 5.91 Å². The van der Waals surface area contributed by atoms with E-state index < -0.39 is 0 Å². The number of hydrogen-bond acceptors (Lipinski definition) is 5. The molecule has 2 aliphatic heterocycles. The molecule has 6 heteroatoms. The van der Waals surface area contributed by atoms with Crippen molar-refractivity contribution < 1.29 is 9.53 Å². The smallest absolute Gasteiger partial charge is 0.227 e. The maximum atomic E-state index is 12.7. The first-order chi connectivity index (χ1) is 14.7. The van der Waals surface area contributed by atoms with Gasteiger partial charge in [-0.25, -0.2) is 4.99 Å². The van der Waals surface area contributed by atoms with E-state index in [1.54, 1.807) is 11.3 Å². The van der Waals surface area contributed by atoms with Crippen LogP contribution in [0.2, 0.25) is 0 Å². The monoisotopic (exact) mass is 417 g/mol. The van der Waals surface area contributed by atoms with Gasteiger partial charge in [0.2, 0.25) is 5.91 Å². The SMILES string of the molecule is Cc1ccc2c(c1)C(N1CCN(C(=O)Cc3cccs3)CC1)=Nc1ccccc1O2. The lowest BCUT2D eigenvalue weighted by Crippen LogP contribution is -2.51. The highest BCUT2D eigenvalue weighted by molar-refractivity contribution is 7.10. The van der Waals surface area contributed by atoms with Crippen LogP contribution in [-0.2, 0) is 11.2 Å². The zero-order valence-corrected chi connectivity index (χ0v) is 17.7. The number of nitrogens with zero attached hydrogens (tertiary/aromatic N) is 3. The van der Waals surface area contributed by atoms with Crippen LogP contribution < -0.4 is 4.74 Å². The minimum Gasteiger partial charge on any atom is -0.454 e. The minimum atomic E-state index is 0.199. The Hall–Kier alpha value is -3.12. The zero-order chi connectivity index (χ0) is 20.5. The number of carbonyl (C=O) groups excluding carboxylic acids is 1. The molecule has 0 radical (unpaired) electrons. The average molecular weight is 418 g/mol. The molecule has 0 saturated carbocycles. The van der Waals surface area contributed by atoms with Crippen LogP contribution >= 0.6 is 11.3 Å². The molecule has 5 nitrogen and oxygen atoms in total. The number of amides is 1. The van der Waals surface area contributed by atoms with Gasteiger partial charge in [0.05, 0.1) is 12.0 Å². The first-order valence-corrected chi connectivity index (χ1v) is 11.1. The van der Waals surface area contributed by atoms with Crippen molar-refractivity contribution in [1.82, 2.24) is 9.80 Å². The van der Waals surface area contributed by atoms with Gasteiger partial charge in [0.25, 0.3) is 0 Å². The summed E-state index contributed by atoms with van der Waals surface area (Å²) in [5.74, 6) is 2.71. The van der Waals surface area contributed by atoms with Gasteiger partial charge in [0.1, 0.15) is 17.3 Å². The first-order valence-electron chi connectivity index (χ1n) is 10.2. The Morgan fingerprint density at radius 3 is 2.67 bits per heavy atom. The molecule has 0 spiro atoms. The highest BCUT2D eigenvalue weighted by atomic mass is 32.1. The molecule has 1 amide bonds. The highest BCUT2D eigenvalue weighted by Gasteiger charge is 2.27. The molecule has 0 atom stereocenters. The van der Waals surface area contributed by atoms with Crippen molar-refractivity contribution in [2.45, 2.75) is 13.3 Å². The first kappa shape index (κ1) is 18.9. The van der Waals surface area contributed by atoms with Gasteiger partial charge in [-0.15, -0.1) is 11.3 Å². The number of aliphatic imine (C=N–C) groups is 1. The van der Waals surface area contributed by atoms with E-state index in [0.717, 1.165) is 46.6 Å². The van der Waals surface area contributed by atoms with Gasteiger partial charge in [-0.3, -0.25) is 4.79 Å². The molecule has 1 saturated heterocycles. The number of rotatable bonds is 2. The van der Waals surface area contributed by atoms with Crippen molar-refractivity contribution in [3.63, 3.8) is 0 Å². The lowest BCUT2D eigenvalue weighted by molar-refractivity contribution is -0.131. The normalized spacial score (nSPS) is 15.6. The molecule has 3 heterocycles. The minimum absolute atomic E-state index is 0.199. The molecule has 1 aromatic heterocycles. The predicted octanol–water partition coefficient (Wildman–Crippen LogP) is 4.63. The Kier molecular flexibility index (Phi) is 5.01. The molecule has 0 aliphatic carbocycles. The number of carbonyl (C=O) groups is 1. The van der Waals surface area contributed by atoms with Crippen LogP contribution in [0.25, 0.3) is 0 Å². The van der Waals surface area contributed by atoms with Crippen molar-refractivity contribution in [3.8, 4) is 11.5 Å². The molecule has 1 fully saturated rings. The second-order valence-corrected chi connectivity index (χ2v) is 8.66. The van der Waals surface area contributed by atoms with Gasteiger partial charge in [0.15, 0.2) is 5.75 Å². The van der Waals surface area contributed by atoms with Gasteiger partial charge in [-0.2, -0.15) is 0 Å². The Morgan fingerprint density at radius 1 is 1.03 bits per heavy atom. The fourth-order valence-corrected chi connectivity index (χ4v) is 4.61. The van der Waals surface area contributed by atoms with Crippen molar-refractivity contribution >= 4 is 28.8 Å². The van der Waals surface area contributed by atoms with Gasteiger partial charge in [-0.05, 0) is 42.6 Å². The summed E-state index contributed by atoms with van der Waals surface area (Å²) >= 11 is 1.64. The molecule has 30 heavy (non-hydrogen) atoms. The fourth-order valence-electron chi connectivity index (χ4n) is 3.92. The van der Waals surface area contributed by atoms with Gasteiger partial charge in [0, 0.05) is 31.1 Å². The molecule has 152 valence electrons. The summed E-state index contributed by atoms with van der Waals surface area (Å²) in [5, 5.41) is 2.02. The van der Waals surface area contributed by atoms with E-state index in [9.17, 15) is 4.79 Å². The summed E-state index contributed by atoms with van der Waals surface area (Å²) in [6.45, 7) is 4.99. The number of thiophene rings is 1. The van der Waals surface area contributed by atoms with Gasteiger partial charge < -0.3 is 14.5 Å². The topological polar surface area (TPSA) is 45.1 Å². The van der Waals surface area contributed by atoms with E-state index >= 15 is 0 Å². The average Bonchev–Trinajstić information content (AvgIpc) is 3.21. The van der Waals surface area contributed by atoms with Crippen LogP contribution in [0.5, 0.6) is 11.5 Å². The molecule has 5 rings (SSSR count). The van der Waals surface area contributed by atoms with Crippen LogP contribution in [0.4, 0.5) is 5.69 Å². The van der Waals surface area contributed by atoms with E-state index in [2.05, 4.69) is 24.0 Å². The van der Waals surface area contributed by atoms with Crippen LogP contribution in [0.3, 0.4) is 0 Å². The summed E-state index contributed by atoms with van der Waals surface area (Å²) in [7, 11) is 0. The number of ether oxygens (including phenoxy) is 1. The van der Waals surface area contributed by atoms with Crippen LogP contribution in [0.15, 0.2) is 65.0 Å². The Morgan fingerprint density at radius 2 is 1.87 bits per heavy atom. The summed E-state index contributed by atoms with van der Waals surface area (Å²) in [4.78, 5) is 23.0. The van der Waals surface area contributed by atoms with Gasteiger partial charge in [-0.1, -0.05) is 29.8 Å². The Labute approximate surface area is 180 Å². The fraction of sp³-hybridized carbons (Fsp3) is 0.250. The quantitative estimate of drug-likeness (QED) is 0.611. The molecule has 2 aliphatic rings. The molecule has 0 bridgehead atoms. The molecule has 0 N–H and O–H groups in total. The van der Waals surface area contributed by atoms with Crippen molar-refractivity contribution in [3.05, 3.63) is 76.0 Å². The maximum Gasteiger partial charge on any atom is 0.227 e. The van der Waals surface area contributed by atoms with E-state index in [4.69, 9.17) is 9.73 Å². The third kappa shape index (κ3) is 3.71. The Balaban J connectivity index is 1.39. The molecular formula is C24H23N3O2S. The number of hydrogen-bond donors (Lipinski definition) is 0. The standard InChI is InChI=1S/C24H23N3O2S/c1-17-8-9-21-19(15-17)24(25-20-6-2-3-7-22(20)29-21)27-12-10-26(11-13-27)23(28)16-18-5-4-14-30-18/h2-9,14-15H,10-13,16H2,1H3. The number of fused-ring (bicyclic) bond motifs is 2. The van der Waals surface area contributed by atoms with E-state index in [0.29, 0.717) is 19.5 Å².